The van der Waals surface area contributed by atoms with Gasteiger partial charge < -0.3 is 15.0 Å². The largest absolute Gasteiger partial charge is 0.494 e. The Bertz CT molecular complexity index is 1460. The molecule has 1 saturated heterocycles. The maximum atomic E-state index is 13.0. The number of piperidine rings is 1. The van der Waals surface area contributed by atoms with Crippen LogP contribution in [0.15, 0.2) is 83.9 Å². The highest BCUT2D eigenvalue weighted by Crippen LogP contribution is 2.25. The van der Waals surface area contributed by atoms with Crippen LogP contribution in [0.5, 0.6) is 5.75 Å². The molecular formula is C30H32N6O3. The third kappa shape index (κ3) is 6.49. The molecule has 1 amide bonds. The van der Waals surface area contributed by atoms with E-state index >= 15 is 0 Å². The SMILES string of the molecule is CCOc1ccc(-c2ccc(=O)n(CCNC(=O)C3CCCN(c4cc(-c5ccccc5)ncn4)C3)n2)cc1. The molecule has 1 fully saturated rings. The van der Waals surface area contributed by atoms with E-state index in [1.807, 2.05) is 67.6 Å². The monoisotopic (exact) mass is 524 g/mol. The minimum Gasteiger partial charge on any atom is -0.494 e. The van der Waals surface area contributed by atoms with Gasteiger partial charge in [0.25, 0.3) is 5.56 Å². The zero-order chi connectivity index (χ0) is 27.0. The second kappa shape index (κ2) is 12.3. The van der Waals surface area contributed by atoms with Crippen LogP contribution in [-0.2, 0) is 11.3 Å². The molecule has 0 saturated carbocycles. The van der Waals surface area contributed by atoms with Crippen molar-refractivity contribution in [2.75, 3.05) is 31.1 Å². The van der Waals surface area contributed by atoms with Crippen molar-refractivity contribution >= 4 is 11.7 Å². The molecule has 0 bridgehead atoms. The molecule has 0 aliphatic carbocycles. The van der Waals surface area contributed by atoms with Gasteiger partial charge in [-0.3, -0.25) is 9.59 Å². The lowest BCUT2D eigenvalue weighted by atomic mass is 9.97. The predicted octanol–water partition coefficient (Wildman–Crippen LogP) is 3.80. The zero-order valence-corrected chi connectivity index (χ0v) is 22.0. The Hall–Kier alpha value is -4.53. The Morgan fingerprint density at radius 2 is 1.79 bits per heavy atom. The van der Waals surface area contributed by atoms with Crippen LogP contribution in [-0.4, -0.2) is 51.9 Å². The molecule has 1 unspecified atom stereocenters. The predicted molar refractivity (Wildman–Crippen MR) is 151 cm³/mol. The summed E-state index contributed by atoms with van der Waals surface area (Å²) in [6, 6.07) is 22.8. The molecule has 1 atom stereocenters. The summed E-state index contributed by atoms with van der Waals surface area (Å²) in [7, 11) is 0. The van der Waals surface area contributed by atoms with Gasteiger partial charge in [0.15, 0.2) is 0 Å². The summed E-state index contributed by atoms with van der Waals surface area (Å²) in [4.78, 5) is 36.5. The van der Waals surface area contributed by atoms with Gasteiger partial charge in [-0.1, -0.05) is 30.3 Å². The first kappa shape index (κ1) is 26.1. The van der Waals surface area contributed by atoms with Gasteiger partial charge in [0.05, 0.1) is 30.5 Å². The minimum absolute atomic E-state index is 0.0206. The van der Waals surface area contributed by atoms with Crippen molar-refractivity contribution < 1.29 is 9.53 Å². The second-order valence-corrected chi connectivity index (χ2v) is 9.44. The van der Waals surface area contributed by atoms with Crippen molar-refractivity contribution in [3.63, 3.8) is 0 Å². The lowest BCUT2D eigenvalue weighted by Crippen LogP contribution is -2.44. The number of carbonyl (C=O) groups excluding carboxylic acids is 1. The van der Waals surface area contributed by atoms with Gasteiger partial charge in [-0.15, -0.1) is 0 Å². The van der Waals surface area contributed by atoms with Crippen molar-refractivity contribution in [1.29, 1.82) is 0 Å². The molecule has 9 nitrogen and oxygen atoms in total. The van der Waals surface area contributed by atoms with Gasteiger partial charge in [0.2, 0.25) is 5.91 Å². The maximum absolute atomic E-state index is 13.0. The molecule has 9 heteroatoms. The summed E-state index contributed by atoms with van der Waals surface area (Å²) in [5.41, 5.74) is 3.26. The summed E-state index contributed by atoms with van der Waals surface area (Å²) < 4.78 is 6.89. The van der Waals surface area contributed by atoms with E-state index in [0.717, 1.165) is 47.8 Å². The number of carbonyl (C=O) groups is 1. The van der Waals surface area contributed by atoms with E-state index in [9.17, 15) is 9.59 Å². The first-order valence-electron chi connectivity index (χ1n) is 13.3. The van der Waals surface area contributed by atoms with E-state index < -0.39 is 0 Å². The van der Waals surface area contributed by atoms with Crippen molar-refractivity contribution in [3.05, 3.63) is 89.5 Å². The van der Waals surface area contributed by atoms with Crippen LogP contribution in [0.25, 0.3) is 22.5 Å². The quantitative estimate of drug-likeness (QED) is 0.355. The van der Waals surface area contributed by atoms with Crippen molar-refractivity contribution in [2.24, 2.45) is 5.92 Å². The van der Waals surface area contributed by atoms with Crippen LogP contribution in [0.3, 0.4) is 0 Å². The lowest BCUT2D eigenvalue weighted by molar-refractivity contribution is -0.125. The summed E-state index contributed by atoms with van der Waals surface area (Å²) in [6.07, 6.45) is 3.28. The molecule has 200 valence electrons. The highest BCUT2D eigenvalue weighted by molar-refractivity contribution is 5.79. The van der Waals surface area contributed by atoms with E-state index in [0.29, 0.717) is 25.4 Å². The number of ether oxygens (including phenoxy) is 1. The van der Waals surface area contributed by atoms with Gasteiger partial charge in [-0.2, -0.15) is 5.10 Å². The number of nitrogens with one attached hydrogen (secondary N) is 1. The van der Waals surface area contributed by atoms with Gasteiger partial charge in [-0.05, 0) is 50.1 Å². The van der Waals surface area contributed by atoms with Crippen LogP contribution in [0.2, 0.25) is 0 Å². The number of amides is 1. The Morgan fingerprint density at radius 3 is 2.59 bits per heavy atom. The van der Waals surface area contributed by atoms with Crippen LogP contribution in [0.4, 0.5) is 5.82 Å². The molecule has 1 N–H and O–H groups in total. The van der Waals surface area contributed by atoms with Crippen molar-refractivity contribution in [2.45, 2.75) is 26.3 Å². The van der Waals surface area contributed by atoms with Crippen LogP contribution in [0, 0.1) is 5.92 Å². The third-order valence-electron chi connectivity index (χ3n) is 6.79. The Morgan fingerprint density at radius 1 is 1.00 bits per heavy atom. The topological polar surface area (TPSA) is 102 Å². The van der Waals surface area contributed by atoms with E-state index in [1.54, 1.807) is 12.4 Å². The van der Waals surface area contributed by atoms with Gasteiger partial charge in [-0.25, -0.2) is 14.6 Å². The number of rotatable bonds is 9. The number of nitrogens with zero attached hydrogens (tertiary/aromatic N) is 5. The number of hydrogen-bond donors (Lipinski definition) is 1. The van der Waals surface area contributed by atoms with Crippen molar-refractivity contribution in [3.8, 4) is 28.3 Å². The molecule has 2 aromatic heterocycles. The van der Waals surface area contributed by atoms with Crippen LogP contribution >= 0.6 is 0 Å². The van der Waals surface area contributed by atoms with E-state index in [1.165, 1.54) is 10.7 Å². The number of anilines is 1. The second-order valence-electron chi connectivity index (χ2n) is 9.44. The van der Waals surface area contributed by atoms with E-state index in [-0.39, 0.29) is 23.9 Å². The Balaban J connectivity index is 1.18. The van der Waals surface area contributed by atoms with E-state index in [4.69, 9.17) is 4.74 Å². The van der Waals surface area contributed by atoms with Crippen LogP contribution in [0.1, 0.15) is 19.8 Å². The molecule has 3 heterocycles. The Kier molecular flexibility index (Phi) is 8.26. The summed E-state index contributed by atoms with van der Waals surface area (Å²) in [5.74, 6) is 1.43. The molecule has 2 aromatic carbocycles. The Labute approximate surface area is 227 Å². The molecule has 1 aliphatic rings. The fourth-order valence-electron chi connectivity index (χ4n) is 4.77. The molecule has 5 rings (SSSR count). The summed E-state index contributed by atoms with van der Waals surface area (Å²) in [5, 5.41) is 7.51. The number of hydrogen-bond acceptors (Lipinski definition) is 7. The fraction of sp³-hybridized carbons (Fsp3) is 0.300. The van der Waals surface area contributed by atoms with Crippen LogP contribution < -0.4 is 20.5 Å². The fourth-order valence-corrected chi connectivity index (χ4v) is 4.77. The van der Waals surface area contributed by atoms with Gasteiger partial charge in [0.1, 0.15) is 17.9 Å². The average Bonchev–Trinajstić information content (AvgIpc) is 2.99. The highest BCUT2D eigenvalue weighted by atomic mass is 16.5. The number of benzene rings is 2. The molecule has 39 heavy (non-hydrogen) atoms. The maximum Gasteiger partial charge on any atom is 0.266 e. The van der Waals surface area contributed by atoms with Gasteiger partial charge in [0, 0.05) is 42.9 Å². The zero-order valence-electron chi connectivity index (χ0n) is 22.0. The molecule has 4 aromatic rings. The van der Waals surface area contributed by atoms with Gasteiger partial charge >= 0.3 is 0 Å². The summed E-state index contributed by atoms with van der Waals surface area (Å²) >= 11 is 0. The first-order chi connectivity index (χ1) is 19.1. The highest BCUT2D eigenvalue weighted by Gasteiger charge is 2.26. The van der Waals surface area contributed by atoms with Crippen molar-refractivity contribution in [1.82, 2.24) is 25.1 Å². The minimum atomic E-state index is -0.208. The third-order valence-corrected chi connectivity index (χ3v) is 6.79. The average molecular weight is 525 g/mol. The standard InChI is InChI=1S/C30H32N6O3/c1-2-39-25-12-10-23(11-13-25)26-14-15-29(37)36(34-26)18-16-31-30(38)24-9-6-17-35(20-24)28-19-27(32-21-33-28)22-7-4-3-5-8-22/h3-5,7-8,10-15,19,21,24H,2,6,9,16-18,20H2,1H3,(H,31,38). The summed E-state index contributed by atoms with van der Waals surface area (Å²) in [6.45, 7) is 4.57. The molecule has 0 radical (unpaired) electrons. The van der Waals surface area contributed by atoms with E-state index in [2.05, 4.69) is 25.3 Å². The normalized spacial score (nSPS) is 15.1. The smallest absolute Gasteiger partial charge is 0.266 e. The number of aromatic nitrogens is 4. The first-order valence-corrected chi connectivity index (χ1v) is 13.3. The molecule has 0 spiro atoms. The lowest BCUT2D eigenvalue weighted by Gasteiger charge is -2.33. The molecular weight excluding hydrogens is 492 g/mol. The molecule has 1 aliphatic heterocycles.